The van der Waals surface area contributed by atoms with Crippen molar-refractivity contribution in [2.45, 2.75) is 44.7 Å². The van der Waals surface area contributed by atoms with Crippen molar-refractivity contribution in [2.24, 2.45) is 0 Å². The van der Waals surface area contributed by atoms with Crippen LogP contribution in [0.15, 0.2) is 42.5 Å². The highest BCUT2D eigenvalue weighted by atomic mass is 19.4. The van der Waals surface area contributed by atoms with Gasteiger partial charge in [-0.2, -0.15) is 18.4 Å². The molecule has 2 saturated heterocycles. The third-order valence-electron chi connectivity index (χ3n) is 7.75. The largest absolute Gasteiger partial charge is 0.435 e. The lowest BCUT2D eigenvalue weighted by atomic mass is 9.90. The molecule has 2 aromatic carbocycles. The van der Waals surface area contributed by atoms with Crippen LogP contribution in [-0.2, 0) is 11.0 Å². The second-order valence-electron chi connectivity index (χ2n) is 10.3. The van der Waals surface area contributed by atoms with Crippen molar-refractivity contribution in [3.8, 4) is 17.3 Å². The lowest BCUT2D eigenvalue weighted by molar-refractivity contribution is -0.140. The normalized spacial score (nSPS) is 16.6. The third-order valence-corrected chi connectivity index (χ3v) is 7.75. The Balaban J connectivity index is 1.37. The van der Waals surface area contributed by atoms with Crippen LogP contribution in [0, 0.1) is 18.3 Å². The molecule has 2 aliphatic heterocycles. The van der Waals surface area contributed by atoms with Crippen LogP contribution in [0.1, 0.15) is 70.2 Å². The minimum absolute atomic E-state index is 0.0490. The Morgan fingerprint density at radius 1 is 1.03 bits per heavy atom. The number of rotatable bonds is 4. The summed E-state index contributed by atoms with van der Waals surface area (Å²) in [7, 11) is 0. The van der Waals surface area contributed by atoms with Crippen LogP contribution in [0.5, 0.6) is 0 Å². The molecule has 0 spiro atoms. The average molecular weight is 536 g/mol. The van der Waals surface area contributed by atoms with Gasteiger partial charge in [0.05, 0.1) is 17.3 Å². The number of aryl methyl sites for hydroxylation is 1. The quantitative estimate of drug-likeness (QED) is 0.495. The van der Waals surface area contributed by atoms with E-state index < -0.39 is 11.9 Å². The number of carbonyl (C=O) groups excluding carboxylic acids is 2. The number of benzene rings is 2. The number of halogens is 3. The zero-order valence-corrected chi connectivity index (χ0v) is 21.7. The summed E-state index contributed by atoms with van der Waals surface area (Å²) in [5.41, 5.74) is 1.67. The molecule has 5 rings (SSSR count). The SMILES string of the molecule is CC(=O)N1CCC(c2nc(C(F)(F)F)c(-c3cc(C(=O)N4CC(c5ccc(C#N)cc5)C4)ccc3C)[nH]2)CC1. The first-order chi connectivity index (χ1) is 18.5. The van der Waals surface area contributed by atoms with E-state index in [0.717, 1.165) is 5.56 Å². The molecule has 2 amide bonds. The first-order valence-corrected chi connectivity index (χ1v) is 12.9. The number of aromatic amines is 1. The van der Waals surface area contributed by atoms with Crippen molar-refractivity contribution in [1.82, 2.24) is 19.8 Å². The van der Waals surface area contributed by atoms with Gasteiger partial charge in [0.25, 0.3) is 5.91 Å². The van der Waals surface area contributed by atoms with E-state index >= 15 is 0 Å². The summed E-state index contributed by atoms with van der Waals surface area (Å²) in [5.74, 6) is -0.114. The van der Waals surface area contributed by atoms with E-state index in [1.807, 2.05) is 12.1 Å². The van der Waals surface area contributed by atoms with Crippen LogP contribution in [0.4, 0.5) is 13.2 Å². The number of nitrogens with zero attached hydrogens (tertiary/aromatic N) is 4. The highest BCUT2D eigenvalue weighted by molar-refractivity contribution is 5.96. The molecule has 1 N–H and O–H groups in total. The number of hydrogen-bond acceptors (Lipinski definition) is 4. The minimum Gasteiger partial charge on any atom is -0.343 e. The molecule has 3 aromatic rings. The van der Waals surface area contributed by atoms with Crippen LogP contribution in [0.2, 0.25) is 0 Å². The Morgan fingerprint density at radius 2 is 1.69 bits per heavy atom. The number of hydrogen-bond donors (Lipinski definition) is 1. The zero-order chi connectivity index (χ0) is 27.9. The molecule has 3 heterocycles. The topological polar surface area (TPSA) is 93.1 Å². The molecule has 0 radical (unpaired) electrons. The van der Waals surface area contributed by atoms with Gasteiger partial charge in [-0.25, -0.2) is 4.98 Å². The van der Waals surface area contributed by atoms with Gasteiger partial charge in [0.1, 0.15) is 5.82 Å². The van der Waals surface area contributed by atoms with Crippen molar-refractivity contribution in [3.63, 3.8) is 0 Å². The van der Waals surface area contributed by atoms with E-state index in [0.29, 0.717) is 55.7 Å². The molecular weight excluding hydrogens is 507 g/mol. The predicted octanol–water partition coefficient (Wildman–Crippen LogP) is 5.24. The highest BCUT2D eigenvalue weighted by Gasteiger charge is 2.40. The first kappa shape index (κ1) is 26.5. The van der Waals surface area contributed by atoms with Crippen molar-refractivity contribution in [3.05, 3.63) is 76.2 Å². The maximum absolute atomic E-state index is 14.1. The molecule has 1 aromatic heterocycles. The molecule has 7 nitrogen and oxygen atoms in total. The number of H-pyrrole nitrogens is 1. The van der Waals surface area contributed by atoms with Gasteiger partial charge in [0, 0.05) is 56.1 Å². The Kier molecular flexibility index (Phi) is 6.93. The first-order valence-electron chi connectivity index (χ1n) is 12.9. The van der Waals surface area contributed by atoms with Crippen molar-refractivity contribution < 1.29 is 22.8 Å². The molecule has 0 saturated carbocycles. The van der Waals surface area contributed by atoms with Gasteiger partial charge in [-0.3, -0.25) is 9.59 Å². The van der Waals surface area contributed by atoms with E-state index in [1.54, 1.807) is 41.0 Å². The summed E-state index contributed by atoms with van der Waals surface area (Å²) in [6.07, 6.45) is -3.63. The van der Waals surface area contributed by atoms with E-state index in [4.69, 9.17) is 5.26 Å². The fraction of sp³-hybridized carbons (Fsp3) is 0.379. The molecule has 39 heavy (non-hydrogen) atoms. The number of nitrogens with one attached hydrogen (secondary N) is 1. The van der Waals surface area contributed by atoms with Crippen LogP contribution >= 0.6 is 0 Å². The fourth-order valence-corrected chi connectivity index (χ4v) is 5.34. The van der Waals surface area contributed by atoms with Crippen LogP contribution < -0.4 is 0 Å². The number of piperidine rings is 1. The summed E-state index contributed by atoms with van der Waals surface area (Å²) >= 11 is 0. The van der Waals surface area contributed by atoms with Gasteiger partial charge in [0.15, 0.2) is 5.69 Å². The second-order valence-corrected chi connectivity index (χ2v) is 10.3. The van der Waals surface area contributed by atoms with Gasteiger partial charge < -0.3 is 14.8 Å². The Hall–Kier alpha value is -4.13. The Bertz CT molecular complexity index is 1440. The molecule has 0 bridgehead atoms. The van der Waals surface area contributed by atoms with Crippen LogP contribution in [0.3, 0.4) is 0 Å². The second kappa shape index (κ2) is 10.2. The van der Waals surface area contributed by atoms with Crippen LogP contribution in [-0.4, -0.2) is 57.8 Å². The number of carbonyl (C=O) groups is 2. The summed E-state index contributed by atoms with van der Waals surface area (Å²) < 4.78 is 42.3. The van der Waals surface area contributed by atoms with E-state index in [2.05, 4.69) is 16.0 Å². The minimum atomic E-state index is -4.68. The smallest absolute Gasteiger partial charge is 0.343 e. The third kappa shape index (κ3) is 5.26. The number of imidazole rings is 1. The zero-order valence-electron chi connectivity index (χ0n) is 21.7. The van der Waals surface area contributed by atoms with Gasteiger partial charge in [0.2, 0.25) is 5.91 Å². The highest BCUT2D eigenvalue weighted by Crippen LogP contribution is 2.40. The molecule has 0 atom stereocenters. The van der Waals surface area contributed by atoms with Crippen LogP contribution in [0.25, 0.3) is 11.3 Å². The Morgan fingerprint density at radius 3 is 2.28 bits per heavy atom. The maximum Gasteiger partial charge on any atom is 0.435 e. The molecular formula is C29H28F3N5O2. The number of alkyl halides is 3. The molecule has 202 valence electrons. The summed E-state index contributed by atoms with van der Waals surface area (Å²) in [5, 5.41) is 8.98. The van der Waals surface area contributed by atoms with E-state index in [1.165, 1.54) is 13.0 Å². The molecule has 2 aliphatic rings. The van der Waals surface area contributed by atoms with Crippen molar-refractivity contribution >= 4 is 11.8 Å². The number of nitriles is 1. The van der Waals surface area contributed by atoms with Gasteiger partial charge in [-0.15, -0.1) is 0 Å². The fourth-order valence-electron chi connectivity index (χ4n) is 5.34. The maximum atomic E-state index is 14.1. The lowest BCUT2D eigenvalue weighted by Crippen LogP contribution is -2.48. The Labute approximate surface area is 224 Å². The van der Waals surface area contributed by atoms with E-state index in [-0.39, 0.29) is 40.7 Å². The number of aromatic nitrogens is 2. The summed E-state index contributed by atoms with van der Waals surface area (Å²) in [4.78, 5) is 35.1. The van der Waals surface area contributed by atoms with Crippen molar-refractivity contribution in [1.29, 1.82) is 5.26 Å². The molecule has 10 heteroatoms. The number of likely N-dealkylation sites (tertiary alicyclic amines) is 2. The predicted molar refractivity (Wildman–Crippen MR) is 138 cm³/mol. The monoisotopic (exact) mass is 535 g/mol. The van der Waals surface area contributed by atoms with E-state index in [9.17, 15) is 22.8 Å². The average Bonchev–Trinajstić information content (AvgIpc) is 3.34. The van der Waals surface area contributed by atoms with Gasteiger partial charge in [-0.1, -0.05) is 18.2 Å². The van der Waals surface area contributed by atoms with Gasteiger partial charge >= 0.3 is 6.18 Å². The summed E-state index contributed by atoms with van der Waals surface area (Å²) in [6, 6.07) is 14.1. The molecule has 0 unspecified atom stereocenters. The van der Waals surface area contributed by atoms with Gasteiger partial charge in [-0.05, 0) is 55.2 Å². The number of amides is 2. The summed E-state index contributed by atoms with van der Waals surface area (Å²) in [6.45, 7) is 5.13. The molecule has 2 fully saturated rings. The van der Waals surface area contributed by atoms with Crippen molar-refractivity contribution in [2.75, 3.05) is 26.2 Å². The molecule has 0 aliphatic carbocycles. The standard InChI is InChI=1S/C29H28F3N5O2/c1-17-3-6-22(28(39)37-15-23(16-37)20-7-4-19(14-33)5-8-20)13-24(17)25-26(29(30,31)32)35-27(34-25)21-9-11-36(12-10-21)18(2)38/h3-8,13,21,23H,9-12,15-16H2,1-2H3,(H,34,35). The lowest BCUT2D eigenvalue weighted by Gasteiger charge is -2.39.